The third-order valence-electron chi connectivity index (χ3n) is 6.97. The number of anilines is 2. The number of piperidine rings is 1. The van der Waals surface area contributed by atoms with Gasteiger partial charge in [0.1, 0.15) is 5.75 Å². The van der Waals surface area contributed by atoms with Crippen molar-refractivity contribution in [3.8, 4) is 5.75 Å². The smallest absolute Gasteiger partial charge is 0.227 e. The zero-order chi connectivity index (χ0) is 23.7. The highest BCUT2D eigenvalue weighted by molar-refractivity contribution is 7.22. The van der Waals surface area contributed by atoms with Crippen molar-refractivity contribution in [2.75, 3.05) is 49.1 Å². The van der Waals surface area contributed by atoms with Crippen LogP contribution in [-0.4, -0.2) is 61.2 Å². The van der Waals surface area contributed by atoms with E-state index in [0.29, 0.717) is 18.6 Å². The van der Waals surface area contributed by atoms with Crippen LogP contribution in [0.5, 0.6) is 5.75 Å². The van der Waals surface area contributed by atoms with E-state index in [1.165, 1.54) is 11.3 Å². The molecule has 2 fully saturated rings. The number of carbonyl (C=O) groups is 1. The molecule has 0 aliphatic carbocycles. The molecule has 0 N–H and O–H groups in total. The summed E-state index contributed by atoms with van der Waals surface area (Å²) < 4.78 is 6.78. The maximum atomic E-state index is 13.5. The second-order valence-corrected chi connectivity index (χ2v) is 10.5. The van der Waals surface area contributed by atoms with Crippen molar-refractivity contribution >= 4 is 38.3 Å². The quantitative estimate of drug-likeness (QED) is 0.519. The first-order valence-corrected chi connectivity index (χ1v) is 13.2. The van der Waals surface area contributed by atoms with Crippen LogP contribution in [0.25, 0.3) is 10.2 Å². The largest absolute Gasteiger partial charge is 0.494 e. The van der Waals surface area contributed by atoms with Gasteiger partial charge in [0, 0.05) is 44.5 Å². The highest BCUT2D eigenvalue weighted by atomic mass is 32.1. The second-order valence-electron chi connectivity index (χ2n) is 9.51. The molecule has 5 rings (SSSR count). The molecule has 34 heavy (non-hydrogen) atoms. The van der Waals surface area contributed by atoms with Crippen LogP contribution in [0.3, 0.4) is 0 Å². The molecule has 2 aromatic carbocycles. The average molecular weight is 479 g/mol. The van der Waals surface area contributed by atoms with Crippen LogP contribution in [-0.2, 0) is 4.79 Å². The third-order valence-corrected chi connectivity index (χ3v) is 8.05. The summed E-state index contributed by atoms with van der Waals surface area (Å²) in [4.78, 5) is 25.2. The first-order chi connectivity index (χ1) is 16.5. The van der Waals surface area contributed by atoms with Crippen LogP contribution in [0.15, 0.2) is 42.5 Å². The number of benzene rings is 2. The van der Waals surface area contributed by atoms with Crippen molar-refractivity contribution in [1.29, 1.82) is 0 Å². The number of amides is 1. The molecule has 7 heteroatoms. The Kier molecular flexibility index (Phi) is 6.63. The van der Waals surface area contributed by atoms with E-state index in [1.54, 1.807) is 11.3 Å². The van der Waals surface area contributed by atoms with Gasteiger partial charge in [0.15, 0.2) is 5.13 Å². The highest BCUT2D eigenvalue weighted by Gasteiger charge is 2.34. The average Bonchev–Trinajstić information content (AvgIpc) is 3.27. The van der Waals surface area contributed by atoms with Crippen molar-refractivity contribution in [3.05, 3.63) is 48.0 Å². The van der Waals surface area contributed by atoms with E-state index in [4.69, 9.17) is 9.72 Å². The molecule has 2 aliphatic heterocycles. The van der Waals surface area contributed by atoms with Crippen LogP contribution in [0.1, 0.15) is 32.3 Å². The van der Waals surface area contributed by atoms with Crippen molar-refractivity contribution in [2.45, 2.75) is 39.7 Å². The van der Waals surface area contributed by atoms with E-state index in [0.717, 1.165) is 66.7 Å². The molecule has 0 saturated carbocycles. The fourth-order valence-electron chi connectivity index (χ4n) is 5.24. The second kappa shape index (κ2) is 9.82. The van der Waals surface area contributed by atoms with Crippen LogP contribution < -0.4 is 14.5 Å². The minimum absolute atomic E-state index is 0.0393. The first-order valence-electron chi connectivity index (χ1n) is 12.4. The summed E-state index contributed by atoms with van der Waals surface area (Å²) in [5.41, 5.74) is 3.53. The molecule has 6 nitrogen and oxygen atoms in total. The number of aryl methyl sites for hydroxylation is 1. The Balaban J connectivity index is 1.24. The van der Waals surface area contributed by atoms with Gasteiger partial charge in [-0.25, -0.2) is 4.98 Å². The van der Waals surface area contributed by atoms with E-state index in [-0.39, 0.29) is 5.92 Å². The summed E-state index contributed by atoms with van der Waals surface area (Å²) in [6, 6.07) is 15.1. The molecule has 1 aromatic heterocycles. The van der Waals surface area contributed by atoms with Crippen LogP contribution >= 0.6 is 11.3 Å². The number of piperazine rings is 1. The van der Waals surface area contributed by atoms with Crippen LogP contribution in [0, 0.1) is 12.8 Å². The molecule has 0 radical (unpaired) electrons. The molecular weight excluding hydrogens is 444 g/mol. The number of aromatic nitrogens is 1. The molecule has 1 amide bonds. The summed E-state index contributed by atoms with van der Waals surface area (Å²) in [5, 5.41) is 1.01. The topological polar surface area (TPSA) is 48.9 Å². The van der Waals surface area contributed by atoms with Gasteiger partial charge >= 0.3 is 0 Å². The van der Waals surface area contributed by atoms with Gasteiger partial charge in [0.2, 0.25) is 5.91 Å². The normalized spacial score (nSPS) is 21.2. The Morgan fingerprint density at radius 2 is 2.03 bits per heavy atom. The summed E-state index contributed by atoms with van der Waals surface area (Å²) in [6.07, 6.45) is 1.98. The maximum Gasteiger partial charge on any atom is 0.227 e. The van der Waals surface area contributed by atoms with E-state index in [1.807, 2.05) is 19.1 Å². The number of hydrogen-bond donors (Lipinski definition) is 0. The lowest BCUT2D eigenvalue weighted by Gasteiger charge is -2.43. The Bertz CT molecular complexity index is 1160. The van der Waals surface area contributed by atoms with Crippen molar-refractivity contribution in [3.63, 3.8) is 0 Å². The Hall–Kier alpha value is -2.80. The number of carbonyl (C=O) groups excluding carboxylic acids is 1. The van der Waals surface area contributed by atoms with Gasteiger partial charge in [0.25, 0.3) is 0 Å². The summed E-state index contributed by atoms with van der Waals surface area (Å²) in [7, 11) is 0. The molecule has 3 aromatic rings. The minimum atomic E-state index is 0.0393. The van der Waals surface area contributed by atoms with Gasteiger partial charge in [0.05, 0.1) is 22.7 Å². The molecule has 2 atom stereocenters. The zero-order valence-corrected chi connectivity index (χ0v) is 21.2. The van der Waals surface area contributed by atoms with Crippen LogP contribution in [0.2, 0.25) is 0 Å². The number of hydrogen-bond acceptors (Lipinski definition) is 6. The van der Waals surface area contributed by atoms with Gasteiger partial charge < -0.3 is 19.4 Å². The van der Waals surface area contributed by atoms with E-state index in [2.05, 4.69) is 58.9 Å². The van der Waals surface area contributed by atoms with Gasteiger partial charge in [-0.2, -0.15) is 0 Å². The Labute approximate surface area is 206 Å². The monoisotopic (exact) mass is 478 g/mol. The third kappa shape index (κ3) is 4.71. The molecule has 2 saturated heterocycles. The fraction of sp³-hybridized carbons (Fsp3) is 0.481. The van der Waals surface area contributed by atoms with Gasteiger partial charge in [-0.05, 0) is 69.5 Å². The number of ether oxygens (including phenoxy) is 1. The van der Waals surface area contributed by atoms with Gasteiger partial charge in [-0.1, -0.05) is 23.5 Å². The van der Waals surface area contributed by atoms with Crippen molar-refractivity contribution < 1.29 is 9.53 Å². The van der Waals surface area contributed by atoms with E-state index < -0.39 is 0 Å². The molecule has 0 spiro atoms. The number of thiazole rings is 1. The first kappa shape index (κ1) is 23.0. The molecule has 2 aliphatic rings. The van der Waals surface area contributed by atoms with E-state index >= 15 is 0 Å². The summed E-state index contributed by atoms with van der Waals surface area (Å²) >= 11 is 1.70. The minimum Gasteiger partial charge on any atom is -0.494 e. The molecular formula is C27H34N4O2S. The molecule has 0 unspecified atom stereocenters. The predicted molar refractivity (Wildman–Crippen MR) is 140 cm³/mol. The van der Waals surface area contributed by atoms with Crippen LogP contribution in [0.4, 0.5) is 10.8 Å². The Morgan fingerprint density at radius 3 is 2.82 bits per heavy atom. The van der Waals surface area contributed by atoms with Gasteiger partial charge in [-0.15, -0.1) is 0 Å². The lowest BCUT2D eigenvalue weighted by Crippen LogP contribution is -2.56. The Morgan fingerprint density at radius 1 is 1.15 bits per heavy atom. The predicted octanol–water partition coefficient (Wildman–Crippen LogP) is 4.96. The summed E-state index contributed by atoms with van der Waals surface area (Å²) in [5.74, 6) is 1.23. The van der Waals surface area contributed by atoms with Gasteiger partial charge in [-0.3, -0.25) is 4.79 Å². The number of rotatable bonds is 5. The number of fused-ring (bicyclic) bond motifs is 1. The lowest BCUT2D eigenvalue weighted by atomic mass is 9.96. The highest BCUT2D eigenvalue weighted by Crippen LogP contribution is 2.34. The van der Waals surface area contributed by atoms with E-state index in [9.17, 15) is 4.79 Å². The lowest BCUT2D eigenvalue weighted by molar-refractivity contribution is -0.136. The zero-order valence-electron chi connectivity index (χ0n) is 20.4. The molecule has 0 bridgehead atoms. The fourth-order valence-corrected chi connectivity index (χ4v) is 6.27. The summed E-state index contributed by atoms with van der Waals surface area (Å²) in [6.45, 7) is 11.2. The molecule has 3 heterocycles. The standard InChI is InChI=1S/C27H34N4O2S/c1-4-33-23-10-11-24-25(16-23)34-27(28-24)30-12-6-8-21(18-30)26(32)29-13-14-31(20(3)17-29)22-9-5-7-19(2)15-22/h5,7,9-11,15-16,20-21H,4,6,8,12-14,17-18H2,1-3H3/t20-,21-/m1/s1. The van der Waals surface area contributed by atoms with Crippen molar-refractivity contribution in [1.82, 2.24) is 9.88 Å². The maximum absolute atomic E-state index is 13.5. The molecule has 180 valence electrons. The number of nitrogens with zero attached hydrogens (tertiary/aromatic N) is 4. The van der Waals surface area contributed by atoms with Crippen molar-refractivity contribution in [2.24, 2.45) is 5.92 Å². The SMILES string of the molecule is CCOc1ccc2nc(N3CCC[C@@H](C(=O)N4CCN(c5cccc(C)c5)[C@H](C)C4)C3)sc2c1.